The van der Waals surface area contributed by atoms with E-state index in [1.165, 1.54) is 6.07 Å². The molecule has 0 spiro atoms. The summed E-state index contributed by atoms with van der Waals surface area (Å²) in [5.74, 6) is -2.15. The van der Waals surface area contributed by atoms with Gasteiger partial charge in [-0.15, -0.1) is 0 Å². The summed E-state index contributed by atoms with van der Waals surface area (Å²) in [7, 11) is 0. The van der Waals surface area contributed by atoms with Gasteiger partial charge in [0.25, 0.3) is 17.4 Å². The number of carbonyl (C=O) groups is 3. The minimum Gasteiger partial charge on any atom is -0.367 e. The van der Waals surface area contributed by atoms with E-state index in [4.69, 9.17) is 0 Å². The molecule has 2 heterocycles. The topological polar surface area (TPSA) is 111 Å². The fourth-order valence-corrected chi connectivity index (χ4v) is 2.03. The molecule has 1 saturated heterocycles. The Balaban J connectivity index is 2.15. The first-order valence-corrected chi connectivity index (χ1v) is 5.49. The molecule has 0 aliphatic carbocycles. The number of amides is 4. The SMILES string of the molecule is O=C1NC(=O)C(O)(c2cc3ccccc3[nH]2)C(=O)N1. The molecule has 0 radical (unpaired) electrons. The Kier molecular flexibility index (Phi) is 2.20. The van der Waals surface area contributed by atoms with Crippen LogP contribution in [0.3, 0.4) is 0 Å². The summed E-state index contributed by atoms with van der Waals surface area (Å²) in [6, 6.07) is 7.61. The monoisotopic (exact) mass is 259 g/mol. The highest BCUT2D eigenvalue weighted by atomic mass is 16.3. The predicted octanol–water partition coefficient (Wildman–Crippen LogP) is -0.279. The second-order valence-corrected chi connectivity index (χ2v) is 4.22. The Morgan fingerprint density at radius 3 is 2.26 bits per heavy atom. The molecule has 1 fully saturated rings. The smallest absolute Gasteiger partial charge is 0.328 e. The van der Waals surface area contributed by atoms with Gasteiger partial charge in [0.15, 0.2) is 0 Å². The Hall–Kier alpha value is -2.67. The van der Waals surface area contributed by atoms with Crippen LogP contribution >= 0.6 is 0 Å². The highest BCUT2D eigenvalue weighted by Crippen LogP contribution is 2.26. The zero-order valence-corrected chi connectivity index (χ0v) is 9.56. The maximum Gasteiger partial charge on any atom is 0.328 e. The highest BCUT2D eigenvalue weighted by molar-refractivity contribution is 6.21. The van der Waals surface area contributed by atoms with Crippen molar-refractivity contribution in [1.29, 1.82) is 0 Å². The summed E-state index contributed by atoms with van der Waals surface area (Å²) in [6.45, 7) is 0. The molecule has 0 unspecified atom stereocenters. The number of aromatic amines is 1. The molecular weight excluding hydrogens is 250 g/mol. The van der Waals surface area contributed by atoms with Crippen molar-refractivity contribution < 1.29 is 19.5 Å². The van der Waals surface area contributed by atoms with Gasteiger partial charge in [0.2, 0.25) is 0 Å². The number of rotatable bonds is 1. The van der Waals surface area contributed by atoms with Crippen molar-refractivity contribution in [3.63, 3.8) is 0 Å². The molecule has 1 aromatic heterocycles. The van der Waals surface area contributed by atoms with E-state index in [0.717, 1.165) is 5.39 Å². The summed E-state index contributed by atoms with van der Waals surface area (Å²) >= 11 is 0. The second kappa shape index (κ2) is 3.66. The lowest BCUT2D eigenvalue weighted by molar-refractivity contribution is -0.156. The highest BCUT2D eigenvalue weighted by Gasteiger charge is 2.51. The quantitative estimate of drug-likeness (QED) is 0.528. The van der Waals surface area contributed by atoms with E-state index in [2.05, 4.69) is 4.98 Å². The maximum atomic E-state index is 11.8. The van der Waals surface area contributed by atoms with Crippen LogP contribution in [0.15, 0.2) is 30.3 Å². The lowest BCUT2D eigenvalue weighted by Gasteiger charge is -2.27. The van der Waals surface area contributed by atoms with Crippen LogP contribution in [-0.2, 0) is 15.2 Å². The normalized spacial score (nSPS) is 18.3. The van der Waals surface area contributed by atoms with Gasteiger partial charge in [-0.2, -0.15) is 0 Å². The van der Waals surface area contributed by atoms with E-state index in [1.54, 1.807) is 24.3 Å². The average Bonchev–Trinajstić information content (AvgIpc) is 2.79. The number of fused-ring (bicyclic) bond motifs is 1. The number of hydrogen-bond donors (Lipinski definition) is 4. The summed E-state index contributed by atoms with van der Waals surface area (Å²) in [5.41, 5.74) is -1.76. The number of carbonyl (C=O) groups excluding carboxylic acids is 3. The van der Waals surface area contributed by atoms with Gasteiger partial charge in [0.1, 0.15) is 0 Å². The van der Waals surface area contributed by atoms with Gasteiger partial charge in [-0.05, 0) is 17.5 Å². The van der Waals surface area contributed by atoms with Gasteiger partial charge < -0.3 is 10.1 Å². The lowest BCUT2D eigenvalue weighted by atomic mass is 9.96. The summed E-state index contributed by atoms with van der Waals surface area (Å²) in [6.07, 6.45) is 0. The molecule has 3 rings (SSSR count). The van der Waals surface area contributed by atoms with Gasteiger partial charge in [0.05, 0.1) is 5.69 Å². The first-order chi connectivity index (χ1) is 9.01. The van der Waals surface area contributed by atoms with Gasteiger partial charge in [0, 0.05) is 5.52 Å². The standard InChI is InChI=1S/C12H9N3O4/c16-9-12(19,10(17)15-11(18)14-9)8-5-6-3-1-2-4-7(6)13-8/h1-5,13,19H,(H2,14,15,16,17,18). The van der Waals surface area contributed by atoms with Crippen molar-refractivity contribution in [3.8, 4) is 0 Å². The third-order valence-electron chi connectivity index (χ3n) is 3.03. The molecule has 0 atom stereocenters. The summed E-state index contributed by atoms with van der Waals surface area (Å²) < 4.78 is 0. The first kappa shape index (κ1) is 11.4. The molecule has 7 nitrogen and oxygen atoms in total. The largest absolute Gasteiger partial charge is 0.367 e. The number of benzene rings is 1. The fraction of sp³-hybridized carbons (Fsp3) is 0.0833. The number of para-hydroxylation sites is 1. The van der Waals surface area contributed by atoms with Crippen LogP contribution in [0.5, 0.6) is 0 Å². The van der Waals surface area contributed by atoms with Gasteiger partial charge in [-0.25, -0.2) is 4.79 Å². The van der Waals surface area contributed by atoms with Crippen LogP contribution in [0, 0.1) is 0 Å². The van der Waals surface area contributed by atoms with Crippen LogP contribution < -0.4 is 10.6 Å². The minimum absolute atomic E-state index is 0.0104. The Morgan fingerprint density at radius 1 is 1.00 bits per heavy atom. The average molecular weight is 259 g/mol. The predicted molar refractivity (Wildman–Crippen MR) is 63.9 cm³/mol. The summed E-state index contributed by atoms with van der Waals surface area (Å²) in [5, 5.41) is 14.8. The Labute approximate surface area is 106 Å². The maximum absolute atomic E-state index is 11.8. The Morgan fingerprint density at radius 2 is 1.63 bits per heavy atom. The van der Waals surface area contributed by atoms with Crippen molar-refractivity contribution in [1.82, 2.24) is 15.6 Å². The minimum atomic E-state index is -2.44. The van der Waals surface area contributed by atoms with E-state index < -0.39 is 23.4 Å². The zero-order valence-electron chi connectivity index (χ0n) is 9.56. The van der Waals surface area contributed by atoms with E-state index in [9.17, 15) is 19.5 Å². The first-order valence-electron chi connectivity index (χ1n) is 5.49. The van der Waals surface area contributed by atoms with E-state index >= 15 is 0 Å². The molecule has 7 heteroatoms. The van der Waals surface area contributed by atoms with Gasteiger partial charge >= 0.3 is 6.03 Å². The summed E-state index contributed by atoms with van der Waals surface area (Å²) in [4.78, 5) is 37.3. The fourth-order valence-electron chi connectivity index (χ4n) is 2.03. The van der Waals surface area contributed by atoms with E-state index in [0.29, 0.717) is 5.52 Å². The van der Waals surface area contributed by atoms with E-state index in [1.807, 2.05) is 10.6 Å². The third-order valence-corrected chi connectivity index (χ3v) is 3.03. The van der Waals surface area contributed by atoms with Gasteiger partial charge in [-0.3, -0.25) is 20.2 Å². The van der Waals surface area contributed by atoms with E-state index in [-0.39, 0.29) is 5.69 Å². The van der Waals surface area contributed by atoms with Crippen molar-refractivity contribution in [2.75, 3.05) is 0 Å². The van der Waals surface area contributed by atoms with Crippen molar-refractivity contribution >= 4 is 28.7 Å². The third kappa shape index (κ3) is 1.52. The molecule has 2 aromatic rings. The van der Waals surface area contributed by atoms with Gasteiger partial charge in [-0.1, -0.05) is 18.2 Å². The number of hydrogen-bond acceptors (Lipinski definition) is 4. The van der Waals surface area contributed by atoms with Crippen molar-refractivity contribution in [2.24, 2.45) is 0 Å². The van der Waals surface area contributed by atoms with Crippen LogP contribution in [0.25, 0.3) is 10.9 Å². The number of aliphatic hydroxyl groups is 1. The molecule has 96 valence electrons. The van der Waals surface area contributed by atoms with Crippen LogP contribution in [0.1, 0.15) is 5.69 Å². The molecule has 1 aliphatic rings. The Bertz CT molecular complexity index is 666. The number of urea groups is 1. The molecule has 19 heavy (non-hydrogen) atoms. The molecule has 0 saturated carbocycles. The number of H-pyrrole nitrogens is 1. The molecule has 4 amide bonds. The molecule has 0 bridgehead atoms. The molecular formula is C12H9N3O4. The number of nitrogens with one attached hydrogen (secondary N) is 3. The number of imide groups is 2. The molecule has 4 N–H and O–H groups in total. The zero-order chi connectivity index (χ0) is 13.6. The van der Waals surface area contributed by atoms with Crippen LogP contribution in [-0.4, -0.2) is 27.9 Å². The second-order valence-electron chi connectivity index (χ2n) is 4.22. The number of aromatic nitrogens is 1. The molecule has 1 aliphatic heterocycles. The van der Waals surface area contributed by atoms with Crippen molar-refractivity contribution in [2.45, 2.75) is 5.60 Å². The molecule has 1 aromatic carbocycles. The lowest BCUT2D eigenvalue weighted by Crippen LogP contribution is -2.64. The van der Waals surface area contributed by atoms with Crippen LogP contribution in [0.2, 0.25) is 0 Å². The number of barbiturate groups is 1. The van der Waals surface area contributed by atoms with Crippen molar-refractivity contribution in [3.05, 3.63) is 36.0 Å². The van der Waals surface area contributed by atoms with Crippen LogP contribution in [0.4, 0.5) is 4.79 Å².